The van der Waals surface area contributed by atoms with Crippen LogP contribution in [0.2, 0.25) is 0 Å². The van der Waals surface area contributed by atoms with E-state index < -0.39 is 0 Å². The van der Waals surface area contributed by atoms with Crippen molar-refractivity contribution in [1.29, 1.82) is 0 Å². The van der Waals surface area contributed by atoms with Gasteiger partial charge in [-0.2, -0.15) is 0 Å². The normalized spacial score (nSPS) is 11.2. The smallest absolute Gasteiger partial charge is 0.195 e. The van der Waals surface area contributed by atoms with Crippen LogP contribution < -0.4 is 20.7 Å². The Kier molecular flexibility index (Phi) is 10.4. The van der Waals surface area contributed by atoms with Crippen molar-refractivity contribution in [3.05, 3.63) is 54.1 Å². The number of benzene rings is 2. The second-order valence-corrected chi connectivity index (χ2v) is 6.39. The van der Waals surface area contributed by atoms with Gasteiger partial charge in [0.2, 0.25) is 0 Å². The standard InChI is InChI=1S/C22H32N4O3/c1-23-22(25-17-18-8-10-19(11-9-18)24-12-15-28-3)26-20-6-4-7-21(16-20)29-14-5-13-27-2/h4,6-11,16,24H,5,12-15,17H2,1-3H3,(H2,23,25,26). The van der Waals surface area contributed by atoms with Gasteiger partial charge in [-0.3, -0.25) is 4.99 Å². The summed E-state index contributed by atoms with van der Waals surface area (Å²) < 4.78 is 15.8. The number of nitrogens with zero attached hydrogens (tertiary/aromatic N) is 1. The van der Waals surface area contributed by atoms with Gasteiger partial charge in [0.1, 0.15) is 5.75 Å². The number of anilines is 2. The van der Waals surface area contributed by atoms with Crippen molar-refractivity contribution in [2.24, 2.45) is 4.99 Å². The minimum absolute atomic E-state index is 0.626. The molecule has 0 heterocycles. The van der Waals surface area contributed by atoms with Crippen molar-refractivity contribution < 1.29 is 14.2 Å². The Labute approximate surface area is 173 Å². The zero-order chi connectivity index (χ0) is 20.7. The first-order valence-electron chi connectivity index (χ1n) is 9.76. The van der Waals surface area contributed by atoms with Crippen molar-refractivity contribution >= 4 is 17.3 Å². The molecule has 158 valence electrons. The fraction of sp³-hybridized carbons (Fsp3) is 0.409. The molecule has 0 spiro atoms. The lowest BCUT2D eigenvalue weighted by molar-refractivity contribution is 0.172. The number of aliphatic imine (C=N–C) groups is 1. The molecule has 29 heavy (non-hydrogen) atoms. The maximum atomic E-state index is 5.75. The van der Waals surface area contributed by atoms with Gasteiger partial charge in [0.05, 0.1) is 13.2 Å². The van der Waals surface area contributed by atoms with Gasteiger partial charge >= 0.3 is 0 Å². The van der Waals surface area contributed by atoms with Crippen LogP contribution in [0, 0.1) is 0 Å². The molecule has 0 bridgehead atoms. The molecule has 2 aromatic rings. The van der Waals surface area contributed by atoms with E-state index in [0.29, 0.717) is 32.3 Å². The Bertz CT molecular complexity index is 735. The quantitative estimate of drug-likeness (QED) is 0.288. The molecule has 0 amide bonds. The molecule has 0 unspecified atom stereocenters. The van der Waals surface area contributed by atoms with Crippen molar-refractivity contribution in [3.63, 3.8) is 0 Å². The Morgan fingerprint density at radius 1 is 0.931 bits per heavy atom. The first-order chi connectivity index (χ1) is 14.2. The van der Waals surface area contributed by atoms with E-state index in [-0.39, 0.29) is 0 Å². The van der Waals surface area contributed by atoms with E-state index in [1.807, 2.05) is 24.3 Å². The van der Waals surface area contributed by atoms with Crippen LogP contribution in [0.3, 0.4) is 0 Å². The number of ether oxygens (including phenoxy) is 3. The molecule has 0 aliphatic carbocycles. The SMILES string of the molecule is CN=C(NCc1ccc(NCCOC)cc1)Nc1cccc(OCCCOC)c1. The zero-order valence-corrected chi connectivity index (χ0v) is 17.5. The number of rotatable bonds is 12. The molecule has 2 aromatic carbocycles. The van der Waals surface area contributed by atoms with Crippen LogP contribution >= 0.6 is 0 Å². The topological polar surface area (TPSA) is 76.1 Å². The first kappa shape index (κ1) is 22.5. The molecule has 0 saturated heterocycles. The third-order valence-electron chi connectivity index (χ3n) is 4.13. The van der Waals surface area contributed by atoms with Gasteiger partial charge < -0.3 is 30.2 Å². The summed E-state index contributed by atoms with van der Waals surface area (Å²) in [7, 11) is 5.14. The predicted octanol–water partition coefficient (Wildman–Crippen LogP) is 3.35. The Morgan fingerprint density at radius 2 is 1.72 bits per heavy atom. The molecule has 0 aromatic heterocycles. The molecule has 0 aliphatic heterocycles. The maximum absolute atomic E-state index is 5.75. The van der Waals surface area contributed by atoms with E-state index in [4.69, 9.17) is 14.2 Å². The van der Waals surface area contributed by atoms with E-state index in [9.17, 15) is 0 Å². The van der Waals surface area contributed by atoms with Crippen LogP contribution in [0.25, 0.3) is 0 Å². The summed E-state index contributed by atoms with van der Waals surface area (Å²) in [6.45, 7) is 3.47. The molecule has 0 aliphatic rings. The van der Waals surface area contributed by atoms with Crippen LogP contribution in [0.1, 0.15) is 12.0 Å². The summed E-state index contributed by atoms with van der Waals surface area (Å²) in [6, 6.07) is 16.1. The van der Waals surface area contributed by atoms with Crippen LogP contribution in [0.5, 0.6) is 5.75 Å². The third-order valence-corrected chi connectivity index (χ3v) is 4.13. The van der Waals surface area contributed by atoms with Crippen molar-refractivity contribution in [3.8, 4) is 5.75 Å². The van der Waals surface area contributed by atoms with Crippen LogP contribution in [-0.2, 0) is 16.0 Å². The lowest BCUT2D eigenvalue weighted by Crippen LogP contribution is -2.30. The molecule has 0 saturated carbocycles. The summed E-state index contributed by atoms with van der Waals surface area (Å²) in [4.78, 5) is 4.29. The summed E-state index contributed by atoms with van der Waals surface area (Å²) in [6.07, 6.45) is 0.859. The van der Waals surface area contributed by atoms with Crippen LogP contribution in [0.4, 0.5) is 11.4 Å². The van der Waals surface area contributed by atoms with Gasteiger partial charge in [-0.05, 0) is 29.8 Å². The minimum atomic E-state index is 0.626. The highest BCUT2D eigenvalue weighted by atomic mass is 16.5. The van der Waals surface area contributed by atoms with E-state index in [1.54, 1.807) is 21.3 Å². The first-order valence-corrected chi connectivity index (χ1v) is 9.76. The minimum Gasteiger partial charge on any atom is -0.493 e. The second-order valence-electron chi connectivity index (χ2n) is 6.39. The van der Waals surface area contributed by atoms with E-state index >= 15 is 0 Å². The summed E-state index contributed by atoms with van der Waals surface area (Å²) >= 11 is 0. The van der Waals surface area contributed by atoms with Gasteiger partial charge in [-0.25, -0.2) is 0 Å². The average molecular weight is 401 g/mol. The molecule has 0 fully saturated rings. The molecule has 7 nitrogen and oxygen atoms in total. The Morgan fingerprint density at radius 3 is 2.45 bits per heavy atom. The summed E-state index contributed by atoms with van der Waals surface area (Å²) in [5.74, 6) is 1.52. The molecule has 0 radical (unpaired) electrons. The number of hydrogen-bond donors (Lipinski definition) is 3. The van der Waals surface area contributed by atoms with Crippen molar-refractivity contribution in [1.82, 2.24) is 5.32 Å². The fourth-order valence-electron chi connectivity index (χ4n) is 2.60. The van der Waals surface area contributed by atoms with Gasteiger partial charge in [-0.1, -0.05) is 18.2 Å². The highest BCUT2D eigenvalue weighted by Crippen LogP contribution is 2.17. The van der Waals surface area contributed by atoms with Gasteiger partial charge in [-0.15, -0.1) is 0 Å². The zero-order valence-electron chi connectivity index (χ0n) is 17.5. The predicted molar refractivity (Wildman–Crippen MR) is 119 cm³/mol. The summed E-state index contributed by atoms with van der Waals surface area (Å²) in [5, 5.41) is 9.93. The third kappa shape index (κ3) is 8.85. The molecule has 7 heteroatoms. The summed E-state index contributed by atoms with van der Waals surface area (Å²) in [5.41, 5.74) is 3.16. The van der Waals surface area contributed by atoms with Crippen LogP contribution in [0.15, 0.2) is 53.5 Å². The largest absolute Gasteiger partial charge is 0.493 e. The second kappa shape index (κ2) is 13.4. The Hall–Kier alpha value is -2.77. The molecular formula is C22H32N4O3. The van der Waals surface area contributed by atoms with Gasteiger partial charge in [0.15, 0.2) is 5.96 Å². The monoisotopic (exact) mass is 400 g/mol. The lowest BCUT2D eigenvalue weighted by Gasteiger charge is -2.14. The van der Waals surface area contributed by atoms with Crippen molar-refractivity contribution in [2.45, 2.75) is 13.0 Å². The maximum Gasteiger partial charge on any atom is 0.195 e. The van der Waals surface area contributed by atoms with E-state index in [0.717, 1.165) is 30.1 Å². The highest BCUT2D eigenvalue weighted by molar-refractivity contribution is 5.93. The highest BCUT2D eigenvalue weighted by Gasteiger charge is 2.02. The number of hydrogen-bond acceptors (Lipinski definition) is 5. The number of guanidine groups is 1. The lowest BCUT2D eigenvalue weighted by atomic mass is 10.2. The van der Waals surface area contributed by atoms with E-state index in [1.165, 1.54) is 5.56 Å². The average Bonchev–Trinajstić information content (AvgIpc) is 2.75. The van der Waals surface area contributed by atoms with Gasteiger partial charge in [0.25, 0.3) is 0 Å². The molecule has 0 atom stereocenters. The van der Waals surface area contributed by atoms with E-state index in [2.05, 4.69) is 45.2 Å². The molecule has 3 N–H and O–H groups in total. The fourth-order valence-corrected chi connectivity index (χ4v) is 2.60. The molecule has 2 rings (SSSR count). The van der Waals surface area contributed by atoms with Crippen molar-refractivity contribution in [2.75, 3.05) is 58.3 Å². The van der Waals surface area contributed by atoms with Crippen LogP contribution in [-0.4, -0.2) is 53.6 Å². The number of methoxy groups -OCH3 is 2. The molecular weight excluding hydrogens is 368 g/mol. The van der Waals surface area contributed by atoms with Gasteiger partial charge in [0, 0.05) is 64.8 Å². The Balaban J connectivity index is 1.81. The number of nitrogens with one attached hydrogen (secondary N) is 3.